The van der Waals surface area contributed by atoms with E-state index >= 15 is 0 Å². The highest BCUT2D eigenvalue weighted by Gasteiger charge is 2.47. The van der Waals surface area contributed by atoms with E-state index in [0.717, 1.165) is 82.3 Å². The molecule has 3 aliphatic rings. The Bertz CT molecular complexity index is 1950. The van der Waals surface area contributed by atoms with E-state index in [2.05, 4.69) is 31.6 Å². The number of nitrogens with zero attached hydrogens (tertiary/aromatic N) is 6. The molecule has 2 unspecified atom stereocenters. The van der Waals surface area contributed by atoms with Gasteiger partial charge >= 0.3 is 0 Å². The maximum atomic E-state index is 13.7. The SMILES string of the molecule is COc1cc(C(=O)N2CC3CCC2[C@@H]3N)cc2nc(-c3cc4ccc(Nc5cc(C)ncc5C)nc4n3CC3CC3)n(C)c12. The molecule has 1 amide bonds. The number of benzene rings is 1. The first kappa shape index (κ1) is 27.1. The molecule has 8 rings (SSSR count). The third-order valence-electron chi connectivity index (χ3n) is 9.93. The lowest BCUT2D eigenvalue weighted by Crippen LogP contribution is -2.41. The molecule has 1 aliphatic heterocycles. The predicted molar refractivity (Wildman–Crippen MR) is 171 cm³/mol. The lowest BCUT2D eigenvalue weighted by molar-refractivity contribution is 0.0700. The average molecular weight is 591 g/mol. The molecule has 1 saturated heterocycles. The topological polar surface area (TPSA) is 116 Å². The molecule has 1 aromatic carbocycles. The van der Waals surface area contributed by atoms with Crippen molar-refractivity contribution in [3.63, 3.8) is 0 Å². The van der Waals surface area contributed by atoms with Gasteiger partial charge in [-0.05, 0) is 93.3 Å². The average Bonchev–Trinajstić information content (AvgIpc) is 3.43. The number of piperidine rings is 1. The predicted octanol–water partition coefficient (Wildman–Crippen LogP) is 5.33. The first-order valence-corrected chi connectivity index (χ1v) is 15.6. The molecule has 44 heavy (non-hydrogen) atoms. The monoisotopic (exact) mass is 590 g/mol. The van der Waals surface area contributed by atoms with Crippen LogP contribution in [0.2, 0.25) is 0 Å². The van der Waals surface area contributed by atoms with Crippen LogP contribution < -0.4 is 15.8 Å². The van der Waals surface area contributed by atoms with Gasteiger partial charge in [0, 0.05) is 60.7 Å². The van der Waals surface area contributed by atoms with Crippen molar-refractivity contribution in [3.05, 3.63) is 59.4 Å². The lowest BCUT2D eigenvalue weighted by Gasteiger charge is -2.27. The molecule has 2 aliphatic carbocycles. The number of carbonyl (C=O) groups is 1. The van der Waals surface area contributed by atoms with Gasteiger partial charge < -0.3 is 29.8 Å². The van der Waals surface area contributed by atoms with Gasteiger partial charge in [-0.15, -0.1) is 0 Å². The van der Waals surface area contributed by atoms with Gasteiger partial charge in [0.2, 0.25) is 0 Å². The van der Waals surface area contributed by atoms with Crippen LogP contribution in [-0.4, -0.2) is 60.6 Å². The number of fused-ring (bicyclic) bond motifs is 4. The Morgan fingerprint density at radius 1 is 1.09 bits per heavy atom. The summed E-state index contributed by atoms with van der Waals surface area (Å²) in [6, 6.07) is 12.3. The van der Waals surface area contributed by atoms with Crippen molar-refractivity contribution in [2.75, 3.05) is 19.0 Å². The molecule has 10 heteroatoms. The molecule has 0 spiro atoms. The molecule has 10 nitrogen and oxygen atoms in total. The van der Waals surface area contributed by atoms with E-state index < -0.39 is 0 Å². The largest absolute Gasteiger partial charge is 0.494 e. The minimum absolute atomic E-state index is 0.00626. The number of pyridine rings is 2. The Labute approximate surface area is 256 Å². The van der Waals surface area contributed by atoms with Gasteiger partial charge in [0.25, 0.3) is 5.91 Å². The van der Waals surface area contributed by atoms with Crippen molar-refractivity contribution < 1.29 is 9.53 Å². The zero-order chi connectivity index (χ0) is 30.3. The first-order chi connectivity index (χ1) is 21.3. The summed E-state index contributed by atoms with van der Waals surface area (Å²) >= 11 is 0. The number of hydrogen-bond donors (Lipinski definition) is 2. The normalized spacial score (nSPS) is 21.1. The molecule has 2 bridgehead atoms. The van der Waals surface area contributed by atoms with Gasteiger partial charge in [-0.1, -0.05) is 0 Å². The lowest BCUT2D eigenvalue weighted by atomic mass is 10.1. The van der Waals surface area contributed by atoms with E-state index in [1.54, 1.807) is 7.11 Å². The number of aromatic nitrogens is 5. The number of methoxy groups -OCH3 is 1. The number of nitrogens with one attached hydrogen (secondary N) is 1. The molecule has 3 atom stereocenters. The summed E-state index contributed by atoms with van der Waals surface area (Å²) in [5, 5.41) is 4.56. The Hall–Kier alpha value is -4.44. The summed E-state index contributed by atoms with van der Waals surface area (Å²) in [6.07, 6.45) is 6.40. The van der Waals surface area contributed by atoms with Crippen molar-refractivity contribution in [3.8, 4) is 17.3 Å². The fourth-order valence-corrected chi connectivity index (χ4v) is 7.29. The Kier molecular flexibility index (Phi) is 6.20. The van der Waals surface area contributed by atoms with Crippen molar-refractivity contribution in [2.24, 2.45) is 24.6 Å². The summed E-state index contributed by atoms with van der Waals surface area (Å²) in [5.74, 6) is 3.28. The second-order valence-electron chi connectivity index (χ2n) is 12.9. The smallest absolute Gasteiger partial charge is 0.254 e. The van der Waals surface area contributed by atoms with Gasteiger partial charge in [-0.3, -0.25) is 9.78 Å². The number of ether oxygens (including phenoxy) is 1. The highest BCUT2D eigenvalue weighted by atomic mass is 16.5. The Morgan fingerprint density at radius 3 is 2.66 bits per heavy atom. The number of likely N-dealkylation sites (tertiary alicyclic amines) is 1. The maximum Gasteiger partial charge on any atom is 0.254 e. The zero-order valence-electron chi connectivity index (χ0n) is 25.7. The quantitative estimate of drug-likeness (QED) is 0.263. The minimum atomic E-state index is 0.00626. The summed E-state index contributed by atoms with van der Waals surface area (Å²) in [5.41, 5.74) is 13.6. The fourth-order valence-electron chi connectivity index (χ4n) is 7.29. The number of carbonyl (C=O) groups excluding carboxylic acids is 1. The van der Waals surface area contributed by atoms with Crippen molar-refractivity contribution >= 4 is 39.5 Å². The van der Waals surface area contributed by atoms with E-state index in [1.807, 2.05) is 56.3 Å². The second kappa shape index (κ2) is 10.1. The molecule has 3 N–H and O–H groups in total. The van der Waals surface area contributed by atoms with Gasteiger partial charge in [0.15, 0.2) is 5.82 Å². The van der Waals surface area contributed by atoms with Gasteiger partial charge in [0.1, 0.15) is 22.7 Å². The van der Waals surface area contributed by atoms with Gasteiger partial charge in [-0.25, -0.2) is 9.97 Å². The van der Waals surface area contributed by atoms with E-state index in [1.165, 1.54) is 12.8 Å². The van der Waals surface area contributed by atoms with Crippen molar-refractivity contribution in [2.45, 2.75) is 58.2 Å². The van der Waals surface area contributed by atoms with Gasteiger partial charge in [0.05, 0.1) is 18.3 Å². The molecule has 4 aromatic heterocycles. The minimum Gasteiger partial charge on any atom is -0.494 e. The van der Waals surface area contributed by atoms with E-state index in [4.69, 9.17) is 20.4 Å². The van der Waals surface area contributed by atoms with E-state index in [9.17, 15) is 4.79 Å². The summed E-state index contributed by atoms with van der Waals surface area (Å²) in [6.45, 7) is 5.64. The first-order valence-electron chi connectivity index (χ1n) is 15.6. The maximum absolute atomic E-state index is 13.7. The number of nitrogens with two attached hydrogens (primary N) is 1. The van der Waals surface area contributed by atoms with Crippen molar-refractivity contribution in [1.82, 2.24) is 29.0 Å². The Morgan fingerprint density at radius 2 is 1.93 bits per heavy atom. The standard InChI is InChI=1S/C34H38N8O2/c1-18-15-36-19(2)11-24(18)37-29-10-8-21-13-27(41(32(21)39-29)16-20-5-6-20)33-38-25-12-23(14-28(44-4)31(25)40(33)3)34(43)42-17-22-7-9-26(42)30(22)35/h8,10-15,20,22,26,30H,5-7,9,16-17,35H2,1-4H3,(H,36,37,39)/t22?,26?,30-/m1/s1. The number of aryl methyl sites for hydroxylation is 3. The second-order valence-corrected chi connectivity index (χ2v) is 12.9. The van der Waals surface area contributed by atoms with Crippen LogP contribution in [0.1, 0.15) is 47.3 Å². The summed E-state index contributed by atoms with van der Waals surface area (Å²) in [4.78, 5) is 30.3. The van der Waals surface area contributed by atoms with Crippen LogP contribution in [0.4, 0.5) is 11.5 Å². The third-order valence-corrected chi connectivity index (χ3v) is 9.93. The van der Waals surface area contributed by atoms with Crippen LogP contribution in [0.15, 0.2) is 42.6 Å². The van der Waals surface area contributed by atoms with Crippen LogP contribution in [0.3, 0.4) is 0 Å². The van der Waals surface area contributed by atoms with Crippen LogP contribution in [-0.2, 0) is 13.6 Å². The Balaban J connectivity index is 1.21. The van der Waals surface area contributed by atoms with Crippen LogP contribution in [0.5, 0.6) is 5.75 Å². The third kappa shape index (κ3) is 4.34. The zero-order valence-corrected chi connectivity index (χ0v) is 25.7. The van der Waals surface area contributed by atoms with Gasteiger partial charge in [-0.2, -0.15) is 0 Å². The van der Waals surface area contributed by atoms with Crippen LogP contribution in [0.25, 0.3) is 33.6 Å². The van der Waals surface area contributed by atoms with E-state index in [-0.39, 0.29) is 18.0 Å². The molecule has 2 saturated carbocycles. The van der Waals surface area contributed by atoms with Crippen molar-refractivity contribution in [1.29, 1.82) is 0 Å². The fraction of sp³-hybridized carbons (Fsp3) is 0.412. The molecule has 3 fully saturated rings. The highest BCUT2D eigenvalue weighted by Crippen LogP contribution is 2.40. The molecule has 5 heterocycles. The molecule has 5 aromatic rings. The number of rotatable bonds is 7. The van der Waals surface area contributed by atoms with Crippen LogP contribution in [0, 0.1) is 25.7 Å². The molecular weight excluding hydrogens is 552 g/mol. The summed E-state index contributed by atoms with van der Waals surface area (Å²) < 4.78 is 10.2. The summed E-state index contributed by atoms with van der Waals surface area (Å²) in [7, 11) is 3.67. The number of imidazole rings is 1. The molecule has 0 radical (unpaired) electrons. The van der Waals surface area contributed by atoms with Crippen LogP contribution >= 0.6 is 0 Å². The number of anilines is 2. The highest BCUT2D eigenvalue weighted by molar-refractivity contribution is 6.00. The number of hydrogen-bond acceptors (Lipinski definition) is 7. The van der Waals surface area contributed by atoms with E-state index in [0.29, 0.717) is 23.1 Å². The molecular formula is C34H38N8O2. The number of amides is 1. The molecule has 226 valence electrons.